The fourth-order valence-corrected chi connectivity index (χ4v) is 1.94. The molecule has 0 radical (unpaired) electrons. The lowest BCUT2D eigenvalue weighted by atomic mass is 9.94. The Balaban J connectivity index is 2.03. The first-order valence-corrected chi connectivity index (χ1v) is 6.68. The van der Waals surface area contributed by atoms with Gasteiger partial charge in [-0.3, -0.25) is 4.79 Å². The highest BCUT2D eigenvalue weighted by atomic mass is 35.5. The molecule has 0 fully saturated rings. The zero-order valence-electron chi connectivity index (χ0n) is 11.1. The monoisotopic (exact) mass is 289 g/mol. The normalized spacial score (nSPS) is 13.6. The Labute approximate surface area is 123 Å². The fraction of sp³-hybridized carbons (Fsp3) is 0.200. The summed E-state index contributed by atoms with van der Waals surface area (Å²) in [6.45, 7) is 1.80. The molecule has 20 heavy (non-hydrogen) atoms. The summed E-state index contributed by atoms with van der Waals surface area (Å²) < 4.78 is 0. The smallest absolute Gasteiger partial charge is 0.229 e. The highest BCUT2D eigenvalue weighted by Crippen LogP contribution is 2.20. The van der Waals surface area contributed by atoms with Crippen molar-refractivity contribution in [3.05, 3.63) is 59.4 Å². The molecule has 2 unspecified atom stereocenters. The van der Waals surface area contributed by atoms with E-state index in [2.05, 4.69) is 10.3 Å². The van der Waals surface area contributed by atoms with Crippen molar-refractivity contribution in [2.45, 2.75) is 13.0 Å². The van der Waals surface area contributed by atoms with Crippen LogP contribution >= 0.6 is 11.6 Å². The summed E-state index contributed by atoms with van der Waals surface area (Å²) in [7, 11) is 0. The number of aromatic nitrogens is 1. The van der Waals surface area contributed by atoms with Crippen molar-refractivity contribution in [2.75, 3.05) is 5.32 Å². The maximum Gasteiger partial charge on any atom is 0.229 e. The molecule has 0 aliphatic carbocycles. The largest absolute Gasteiger partial charge is 0.324 e. The van der Waals surface area contributed by atoms with Gasteiger partial charge in [0, 0.05) is 6.04 Å². The van der Waals surface area contributed by atoms with Gasteiger partial charge in [-0.05, 0) is 17.7 Å². The predicted molar refractivity (Wildman–Crippen MR) is 80.4 cm³/mol. The molecule has 1 aromatic carbocycles. The van der Waals surface area contributed by atoms with Crippen LogP contribution in [0, 0.1) is 5.92 Å². The zero-order valence-corrected chi connectivity index (χ0v) is 11.8. The molecule has 4 nitrogen and oxygen atoms in total. The molecule has 104 valence electrons. The van der Waals surface area contributed by atoms with Crippen molar-refractivity contribution in [3.63, 3.8) is 0 Å². The molecule has 0 saturated heterocycles. The van der Waals surface area contributed by atoms with Crippen LogP contribution in [0.5, 0.6) is 0 Å². The number of halogens is 1. The minimum Gasteiger partial charge on any atom is -0.324 e. The Morgan fingerprint density at radius 1 is 1.25 bits per heavy atom. The van der Waals surface area contributed by atoms with Crippen LogP contribution in [0.2, 0.25) is 5.15 Å². The number of rotatable bonds is 4. The number of pyridine rings is 1. The summed E-state index contributed by atoms with van der Waals surface area (Å²) in [6, 6.07) is 12.5. The van der Waals surface area contributed by atoms with Gasteiger partial charge in [-0.25, -0.2) is 4.98 Å². The van der Waals surface area contributed by atoms with Crippen LogP contribution in [0.15, 0.2) is 48.7 Å². The number of amides is 1. The van der Waals surface area contributed by atoms with Gasteiger partial charge in [0.2, 0.25) is 5.91 Å². The van der Waals surface area contributed by atoms with Gasteiger partial charge in [0.05, 0.1) is 17.8 Å². The van der Waals surface area contributed by atoms with Gasteiger partial charge in [-0.1, -0.05) is 48.9 Å². The van der Waals surface area contributed by atoms with Crippen molar-refractivity contribution < 1.29 is 4.79 Å². The lowest BCUT2D eigenvalue weighted by Crippen LogP contribution is -2.30. The van der Waals surface area contributed by atoms with Gasteiger partial charge in [0.1, 0.15) is 5.15 Å². The van der Waals surface area contributed by atoms with E-state index in [1.807, 2.05) is 30.3 Å². The third kappa shape index (κ3) is 3.56. The van der Waals surface area contributed by atoms with Crippen LogP contribution in [0.3, 0.4) is 0 Å². The summed E-state index contributed by atoms with van der Waals surface area (Å²) in [6.07, 6.45) is 1.51. The number of nitrogens with two attached hydrogens (primary N) is 1. The minimum atomic E-state index is -0.354. The highest BCUT2D eigenvalue weighted by Gasteiger charge is 2.22. The molecule has 5 heteroatoms. The van der Waals surface area contributed by atoms with Crippen LogP contribution in [0.25, 0.3) is 0 Å². The maximum atomic E-state index is 12.2. The van der Waals surface area contributed by atoms with E-state index in [4.69, 9.17) is 17.3 Å². The molecule has 2 rings (SSSR count). The summed E-state index contributed by atoms with van der Waals surface area (Å²) in [5.74, 6) is -0.501. The molecule has 3 N–H and O–H groups in total. The third-order valence-corrected chi connectivity index (χ3v) is 3.36. The molecule has 1 amide bonds. The molecular formula is C15H16ClN3O. The number of hydrogen-bond donors (Lipinski definition) is 2. The number of carbonyl (C=O) groups is 1. The summed E-state index contributed by atoms with van der Waals surface area (Å²) in [5, 5.41) is 3.17. The topological polar surface area (TPSA) is 68.0 Å². The van der Waals surface area contributed by atoms with Gasteiger partial charge in [-0.2, -0.15) is 0 Å². The summed E-state index contributed by atoms with van der Waals surface area (Å²) in [4.78, 5) is 16.1. The van der Waals surface area contributed by atoms with E-state index in [0.717, 1.165) is 5.56 Å². The molecule has 0 spiro atoms. The molecular weight excluding hydrogens is 274 g/mol. The SMILES string of the molecule is CC(C(=O)Nc1ccc(Cl)nc1)C(N)c1ccccc1. The van der Waals surface area contributed by atoms with Crippen molar-refractivity contribution in [1.29, 1.82) is 0 Å². The van der Waals surface area contributed by atoms with E-state index in [9.17, 15) is 4.79 Å². The van der Waals surface area contributed by atoms with Crippen molar-refractivity contribution in [1.82, 2.24) is 4.98 Å². The Bertz CT molecular complexity index is 571. The van der Waals surface area contributed by atoms with Gasteiger partial charge >= 0.3 is 0 Å². The molecule has 1 heterocycles. The van der Waals surface area contributed by atoms with Gasteiger partial charge < -0.3 is 11.1 Å². The minimum absolute atomic E-state index is 0.148. The second-order valence-electron chi connectivity index (χ2n) is 4.58. The Hall–Kier alpha value is -1.91. The predicted octanol–water partition coefficient (Wildman–Crippen LogP) is 3.01. The van der Waals surface area contributed by atoms with Crippen molar-refractivity contribution in [3.8, 4) is 0 Å². The molecule has 2 aromatic rings. The van der Waals surface area contributed by atoms with E-state index in [-0.39, 0.29) is 17.9 Å². The van der Waals surface area contributed by atoms with E-state index in [1.54, 1.807) is 19.1 Å². The van der Waals surface area contributed by atoms with E-state index in [0.29, 0.717) is 10.8 Å². The van der Waals surface area contributed by atoms with Gasteiger partial charge in [0.15, 0.2) is 0 Å². The first-order chi connectivity index (χ1) is 9.58. The Morgan fingerprint density at radius 2 is 1.95 bits per heavy atom. The van der Waals surface area contributed by atoms with E-state index >= 15 is 0 Å². The quantitative estimate of drug-likeness (QED) is 0.850. The molecule has 0 bridgehead atoms. The highest BCUT2D eigenvalue weighted by molar-refractivity contribution is 6.29. The number of benzene rings is 1. The zero-order chi connectivity index (χ0) is 14.5. The van der Waals surface area contributed by atoms with Crippen LogP contribution < -0.4 is 11.1 Å². The second-order valence-corrected chi connectivity index (χ2v) is 4.97. The number of carbonyl (C=O) groups excluding carboxylic acids is 1. The molecule has 1 aromatic heterocycles. The van der Waals surface area contributed by atoms with Crippen LogP contribution in [-0.4, -0.2) is 10.9 Å². The van der Waals surface area contributed by atoms with Crippen LogP contribution in [0.4, 0.5) is 5.69 Å². The first kappa shape index (κ1) is 14.5. The van der Waals surface area contributed by atoms with Crippen LogP contribution in [0.1, 0.15) is 18.5 Å². The number of anilines is 1. The average Bonchev–Trinajstić information content (AvgIpc) is 2.49. The van der Waals surface area contributed by atoms with Crippen LogP contribution in [-0.2, 0) is 4.79 Å². The first-order valence-electron chi connectivity index (χ1n) is 6.31. The van der Waals surface area contributed by atoms with Crippen molar-refractivity contribution in [2.24, 2.45) is 11.7 Å². The maximum absolute atomic E-state index is 12.2. The van der Waals surface area contributed by atoms with Crippen molar-refractivity contribution >= 4 is 23.2 Å². The van der Waals surface area contributed by atoms with E-state index in [1.165, 1.54) is 6.20 Å². The lowest BCUT2D eigenvalue weighted by Gasteiger charge is -2.19. The number of nitrogens with one attached hydrogen (secondary N) is 1. The third-order valence-electron chi connectivity index (χ3n) is 3.13. The molecule has 0 saturated carbocycles. The second kappa shape index (κ2) is 6.50. The molecule has 0 aliphatic rings. The Kier molecular flexibility index (Phi) is 4.71. The van der Waals surface area contributed by atoms with Gasteiger partial charge in [0.25, 0.3) is 0 Å². The standard InChI is InChI=1S/C15H16ClN3O/c1-10(14(17)11-5-3-2-4-6-11)15(20)19-12-7-8-13(16)18-9-12/h2-10,14H,17H2,1H3,(H,19,20). The Morgan fingerprint density at radius 3 is 2.55 bits per heavy atom. The fourth-order valence-electron chi connectivity index (χ4n) is 1.83. The summed E-state index contributed by atoms with van der Waals surface area (Å²) >= 11 is 5.70. The lowest BCUT2D eigenvalue weighted by molar-refractivity contribution is -0.120. The summed E-state index contributed by atoms with van der Waals surface area (Å²) in [5.41, 5.74) is 7.66. The van der Waals surface area contributed by atoms with E-state index < -0.39 is 0 Å². The van der Waals surface area contributed by atoms with Gasteiger partial charge in [-0.15, -0.1) is 0 Å². The average molecular weight is 290 g/mol. The number of nitrogens with zero attached hydrogens (tertiary/aromatic N) is 1. The molecule has 0 aliphatic heterocycles. The molecule has 2 atom stereocenters. The number of hydrogen-bond acceptors (Lipinski definition) is 3.